The number of esters is 1. The first kappa shape index (κ1) is 17.4. The van der Waals surface area contributed by atoms with Gasteiger partial charge in [0.2, 0.25) is 0 Å². The van der Waals surface area contributed by atoms with Crippen molar-refractivity contribution in [2.24, 2.45) is 23.2 Å². The monoisotopic (exact) mass is 312 g/mol. The number of hydrogen-bond acceptors (Lipinski definition) is 5. The molecule has 2 aliphatic carbocycles. The van der Waals surface area contributed by atoms with Gasteiger partial charge >= 0.3 is 5.97 Å². The summed E-state index contributed by atoms with van der Waals surface area (Å²) < 4.78 is 5.61. The lowest BCUT2D eigenvalue weighted by atomic mass is 9.52. The Morgan fingerprint density at radius 3 is 2.68 bits per heavy atom. The van der Waals surface area contributed by atoms with Gasteiger partial charge in [-0.2, -0.15) is 0 Å². The van der Waals surface area contributed by atoms with Crippen LogP contribution in [0.15, 0.2) is 12.2 Å². The molecule has 7 atom stereocenters. The van der Waals surface area contributed by atoms with Gasteiger partial charge < -0.3 is 20.1 Å². The van der Waals surface area contributed by atoms with Crippen LogP contribution in [0.1, 0.15) is 40.0 Å². The fraction of sp³-hybridized carbons (Fsp3) is 0.824. The summed E-state index contributed by atoms with van der Waals surface area (Å²) in [6.07, 6.45) is -0.316. The molecule has 0 bridgehead atoms. The first-order chi connectivity index (χ1) is 10.2. The Kier molecular flexibility index (Phi) is 5.00. The van der Waals surface area contributed by atoms with E-state index in [-0.39, 0.29) is 30.3 Å². The molecule has 0 radical (unpaired) electrons. The summed E-state index contributed by atoms with van der Waals surface area (Å²) in [5, 5.41) is 30.1. The van der Waals surface area contributed by atoms with Crippen molar-refractivity contribution in [3.05, 3.63) is 12.2 Å². The molecule has 0 heterocycles. The van der Waals surface area contributed by atoms with Crippen LogP contribution < -0.4 is 0 Å². The molecule has 0 spiro atoms. The zero-order valence-corrected chi connectivity index (χ0v) is 13.7. The van der Waals surface area contributed by atoms with Crippen LogP contribution in [0.4, 0.5) is 0 Å². The lowest BCUT2D eigenvalue weighted by molar-refractivity contribution is -0.185. The van der Waals surface area contributed by atoms with Crippen LogP contribution in [-0.2, 0) is 9.53 Å². The van der Waals surface area contributed by atoms with Crippen LogP contribution in [0, 0.1) is 23.2 Å². The highest BCUT2D eigenvalue weighted by molar-refractivity contribution is 5.66. The average molecular weight is 312 g/mol. The summed E-state index contributed by atoms with van der Waals surface area (Å²) in [4.78, 5) is 11.6. The van der Waals surface area contributed by atoms with E-state index in [9.17, 15) is 20.1 Å². The minimum Gasteiger partial charge on any atom is -0.462 e. The normalized spacial score (nSPS) is 43.4. The molecule has 5 heteroatoms. The Hall–Kier alpha value is -0.910. The number of aliphatic hydroxyl groups excluding tert-OH is 3. The number of aliphatic hydroxyl groups is 3. The van der Waals surface area contributed by atoms with E-state index in [0.29, 0.717) is 12.8 Å². The van der Waals surface area contributed by atoms with Crippen molar-refractivity contribution in [3.8, 4) is 0 Å². The van der Waals surface area contributed by atoms with Crippen LogP contribution in [0.3, 0.4) is 0 Å². The molecule has 5 nitrogen and oxygen atoms in total. The Bertz CT molecular complexity index is 448. The van der Waals surface area contributed by atoms with Gasteiger partial charge in [-0.05, 0) is 25.2 Å². The van der Waals surface area contributed by atoms with Gasteiger partial charge in [-0.15, -0.1) is 0 Å². The average Bonchev–Trinajstić information content (AvgIpc) is 2.43. The van der Waals surface area contributed by atoms with Gasteiger partial charge in [0.1, 0.15) is 6.10 Å². The van der Waals surface area contributed by atoms with Crippen molar-refractivity contribution in [2.45, 2.75) is 58.3 Å². The van der Waals surface area contributed by atoms with Crippen LogP contribution in [0.25, 0.3) is 0 Å². The molecular formula is C17H28O5. The molecule has 2 saturated carbocycles. The highest BCUT2D eigenvalue weighted by Crippen LogP contribution is 2.55. The van der Waals surface area contributed by atoms with E-state index in [1.807, 2.05) is 13.8 Å². The summed E-state index contributed by atoms with van der Waals surface area (Å²) >= 11 is 0. The van der Waals surface area contributed by atoms with Gasteiger partial charge in [-0.3, -0.25) is 4.79 Å². The second-order valence-corrected chi connectivity index (χ2v) is 7.29. The van der Waals surface area contributed by atoms with E-state index in [1.165, 1.54) is 6.92 Å². The number of fused-ring (bicyclic) bond motifs is 1. The minimum absolute atomic E-state index is 0.00527. The van der Waals surface area contributed by atoms with Crippen LogP contribution in [0.5, 0.6) is 0 Å². The molecule has 2 aliphatic rings. The molecule has 126 valence electrons. The van der Waals surface area contributed by atoms with Crippen molar-refractivity contribution in [1.29, 1.82) is 0 Å². The van der Waals surface area contributed by atoms with E-state index < -0.39 is 23.7 Å². The molecule has 0 unspecified atom stereocenters. The molecule has 0 saturated heterocycles. The molecule has 0 aromatic carbocycles. The van der Waals surface area contributed by atoms with Crippen LogP contribution >= 0.6 is 0 Å². The first-order valence-electron chi connectivity index (χ1n) is 8.04. The van der Waals surface area contributed by atoms with Crippen molar-refractivity contribution < 1.29 is 24.9 Å². The molecule has 0 aromatic rings. The third-order valence-corrected chi connectivity index (χ3v) is 5.75. The third kappa shape index (κ3) is 2.82. The number of carbonyl (C=O) groups excluding carboxylic acids is 1. The zero-order valence-electron chi connectivity index (χ0n) is 13.7. The van der Waals surface area contributed by atoms with E-state index >= 15 is 0 Å². The minimum atomic E-state index is -0.855. The molecule has 2 rings (SSSR count). The fourth-order valence-corrected chi connectivity index (χ4v) is 4.49. The molecule has 3 N–H and O–H groups in total. The molecule has 2 fully saturated rings. The third-order valence-electron chi connectivity index (χ3n) is 5.75. The highest BCUT2D eigenvalue weighted by Gasteiger charge is 2.57. The van der Waals surface area contributed by atoms with Gasteiger partial charge in [-0.1, -0.05) is 26.0 Å². The summed E-state index contributed by atoms with van der Waals surface area (Å²) in [5.74, 6) is -0.516. The second kappa shape index (κ2) is 6.30. The molecular weight excluding hydrogens is 284 g/mol. The van der Waals surface area contributed by atoms with Crippen molar-refractivity contribution in [2.75, 3.05) is 6.61 Å². The summed E-state index contributed by atoms with van der Waals surface area (Å²) in [6, 6.07) is 0. The Balaban J connectivity index is 2.39. The maximum Gasteiger partial charge on any atom is 0.302 e. The predicted molar refractivity (Wildman–Crippen MR) is 81.9 cm³/mol. The summed E-state index contributed by atoms with van der Waals surface area (Å²) in [6.45, 7) is 9.37. The van der Waals surface area contributed by atoms with E-state index in [0.717, 1.165) is 12.0 Å². The largest absolute Gasteiger partial charge is 0.462 e. The Morgan fingerprint density at radius 1 is 1.50 bits per heavy atom. The second-order valence-electron chi connectivity index (χ2n) is 7.29. The number of carbonyl (C=O) groups is 1. The molecule has 22 heavy (non-hydrogen) atoms. The molecule has 0 aliphatic heterocycles. The Labute approximate surface area is 132 Å². The maximum absolute atomic E-state index is 11.6. The maximum atomic E-state index is 11.6. The standard InChI is InChI=1S/C17H28O5/c1-9-7-13(20)16(21)17(4)6-5-12(10(2)8-18)15(14(9)17)22-11(3)19/h10,12-16,18,20-21H,1,5-8H2,2-4H3/t10-,12+,13+,14-,15+,16-,17-/m1/s1. The van der Waals surface area contributed by atoms with E-state index in [4.69, 9.17) is 4.74 Å². The highest BCUT2D eigenvalue weighted by atomic mass is 16.5. The topological polar surface area (TPSA) is 87.0 Å². The lowest BCUT2D eigenvalue weighted by Gasteiger charge is -2.56. The van der Waals surface area contributed by atoms with Gasteiger partial charge in [0.25, 0.3) is 0 Å². The zero-order chi connectivity index (χ0) is 16.7. The fourth-order valence-electron chi connectivity index (χ4n) is 4.49. The smallest absolute Gasteiger partial charge is 0.302 e. The quantitative estimate of drug-likeness (QED) is 0.539. The predicted octanol–water partition coefficient (Wildman–Crippen LogP) is 1.26. The first-order valence-corrected chi connectivity index (χ1v) is 8.04. The lowest BCUT2D eigenvalue weighted by Crippen LogP contribution is -2.59. The van der Waals surface area contributed by atoms with Gasteiger partial charge in [-0.25, -0.2) is 0 Å². The number of hydrogen-bond donors (Lipinski definition) is 3. The van der Waals surface area contributed by atoms with Crippen LogP contribution in [0.2, 0.25) is 0 Å². The van der Waals surface area contributed by atoms with Crippen LogP contribution in [-0.4, -0.2) is 46.2 Å². The van der Waals surface area contributed by atoms with Gasteiger partial charge in [0, 0.05) is 30.8 Å². The van der Waals surface area contributed by atoms with Gasteiger partial charge in [0.15, 0.2) is 0 Å². The SMILES string of the molecule is C=C1C[C@H](O)[C@@H](O)[C@]2(C)CC[C@@H]([C@H](C)CO)[C@H](OC(C)=O)[C@@H]12. The molecule has 0 amide bonds. The Morgan fingerprint density at radius 2 is 2.14 bits per heavy atom. The molecule has 0 aromatic heterocycles. The van der Waals surface area contributed by atoms with Crippen molar-refractivity contribution in [3.63, 3.8) is 0 Å². The van der Waals surface area contributed by atoms with E-state index in [1.54, 1.807) is 0 Å². The number of ether oxygens (including phenoxy) is 1. The van der Waals surface area contributed by atoms with Gasteiger partial charge in [0.05, 0.1) is 12.2 Å². The summed E-state index contributed by atoms with van der Waals surface area (Å²) in [7, 11) is 0. The summed E-state index contributed by atoms with van der Waals surface area (Å²) in [5.41, 5.74) is 0.266. The van der Waals surface area contributed by atoms with E-state index in [2.05, 4.69) is 6.58 Å². The number of rotatable bonds is 3. The van der Waals surface area contributed by atoms with Crippen molar-refractivity contribution >= 4 is 5.97 Å². The van der Waals surface area contributed by atoms with Crippen molar-refractivity contribution in [1.82, 2.24) is 0 Å².